The van der Waals surface area contributed by atoms with Crippen LogP contribution in [0.3, 0.4) is 0 Å². The van der Waals surface area contributed by atoms with Crippen LogP contribution in [-0.2, 0) is 0 Å². The van der Waals surface area contributed by atoms with Gasteiger partial charge in [0.1, 0.15) is 22.6 Å². The van der Waals surface area contributed by atoms with Crippen LogP contribution in [0.15, 0.2) is 53.4 Å². The molecule has 0 spiro atoms. The summed E-state index contributed by atoms with van der Waals surface area (Å²) in [6.45, 7) is 3.43. The Hall–Kier alpha value is -3.67. The number of aromatic carboxylic acids is 1. The van der Waals surface area contributed by atoms with E-state index in [9.17, 15) is 14.7 Å². The van der Waals surface area contributed by atoms with Gasteiger partial charge in [-0.25, -0.2) is 9.78 Å². The summed E-state index contributed by atoms with van der Waals surface area (Å²) in [5.74, 6) is 5.17. The SMILES string of the molecule is Cc1cnc(C(=O)N[C@H]2CCC[C@@](O)(C#Cc3cccc(Cl)c3)C2)cn1.Cc1occc1C(=O)O. The van der Waals surface area contributed by atoms with E-state index >= 15 is 0 Å². The lowest BCUT2D eigenvalue weighted by Crippen LogP contribution is -2.45. The van der Waals surface area contributed by atoms with Crippen molar-refractivity contribution in [2.24, 2.45) is 0 Å². The molecule has 0 aliphatic heterocycles. The van der Waals surface area contributed by atoms with E-state index < -0.39 is 11.6 Å². The Morgan fingerprint density at radius 3 is 2.63 bits per heavy atom. The summed E-state index contributed by atoms with van der Waals surface area (Å²) < 4.78 is 4.74. The minimum atomic E-state index is -1.13. The van der Waals surface area contributed by atoms with Gasteiger partial charge in [0.25, 0.3) is 5.91 Å². The molecule has 1 aromatic carbocycles. The first kappa shape index (κ1) is 25.9. The number of aliphatic hydroxyl groups is 1. The molecule has 0 radical (unpaired) electrons. The third-order valence-electron chi connectivity index (χ3n) is 5.43. The summed E-state index contributed by atoms with van der Waals surface area (Å²) in [5.41, 5.74) is 0.888. The van der Waals surface area contributed by atoms with Gasteiger partial charge in [-0.1, -0.05) is 29.5 Å². The van der Waals surface area contributed by atoms with Gasteiger partial charge in [0.15, 0.2) is 0 Å². The molecule has 2 heterocycles. The number of rotatable bonds is 3. The molecule has 1 aliphatic rings. The molecule has 1 fully saturated rings. The second-order valence-corrected chi connectivity index (χ2v) is 8.73. The van der Waals surface area contributed by atoms with Gasteiger partial charge < -0.3 is 19.9 Å². The number of amides is 1. The van der Waals surface area contributed by atoms with Crippen molar-refractivity contribution in [2.75, 3.05) is 0 Å². The Bertz CT molecular complexity index is 1250. The van der Waals surface area contributed by atoms with E-state index in [4.69, 9.17) is 21.1 Å². The monoisotopic (exact) mass is 495 g/mol. The number of halogens is 1. The average molecular weight is 496 g/mol. The second kappa shape index (κ2) is 11.6. The number of carbonyl (C=O) groups excluding carboxylic acids is 1. The summed E-state index contributed by atoms with van der Waals surface area (Å²) in [7, 11) is 0. The van der Waals surface area contributed by atoms with Crippen molar-refractivity contribution in [1.82, 2.24) is 15.3 Å². The minimum absolute atomic E-state index is 0.155. The van der Waals surface area contributed by atoms with Crippen LogP contribution < -0.4 is 5.32 Å². The fourth-order valence-electron chi connectivity index (χ4n) is 3.62. The highest BCUT2D eigenvalue weighted by atomic mass is 35.5. The first-order valence-corrected chi connectivity index (χ1v) is 11.4. The molecule has 35 heavy (non-hydrogen) atoms. The lowest BCUT2D eigenvalue weighted by Gasteiger charge is -2.33. The molecule has 0 bridgehead atoms. The van der Waals surface area contributed by atoms with Gasteiger partial charge in [-0.15, -0.1) is 0 Å². The summed E-state index contributed by atoms with van der Waals surface area (Å²) in [5, 5.41) is 22.7. The Balaban J connectivity index is 0.000000320. The van der Waals surface area contributed by atoms with Crippen LogP contribution in [-0.4, -0.2) is 43.7 Å². The smallest absolute Gasteiger partial charge is 0.339 e. The van der Waals surface area contributed by atoms with Crippen LogP contribution in [0, 0.1) is 25.7 Å². The molecule has 4 rings (SSSR count). The van der Waals surface area contributed by atoms with Crippen LogP contribution in [0.2, 0.25) is 5.02 Å². The number of carboxylic acids is 1. The van der Waals surface area contributed by atoms with Gasteiger partial charge in [0.05, 0.1) is 18.2 Å². The van der Waals surface area contributed by atoms with Gasteiger partial charge in [-0.3, -0.25) is 9.78 Å². The molecule has 1 aliphatic carbocycles. The van der Waals surface area contributed by atoms with Crippen LogP contribution >= 0.6 is 11.6 Å². The first-order chi connectivity index (χ1) is 16.6. The van der Waals surface area contributed by atoms with Gasteiger partial charge in [0, 0.05) is 29.2 Å². The molecular formula is C26H26ClN3O5. The van der Waals surface area contributed by atoms with E-state index in [1.807, 2.05) is 19.1 Å². The molecule has 8 nitrogen and oxygen atoms in total. The number of hydrogen-bond acceptors (Lipinski definition) is 6. The molecule has 9 heteroatoms. The predicted octanol–water partition coefficient (Wildman–Crippen LogP) is 4.18. The third-order valence-corrected chi connectivity index (χ3v) is 5.66. The van der Waals surface area contributed by atoms with E-state index in [-0.39, 0.29) is 23.2 Å². The Morgan fingerprint density at radius 1 is 1.23 bits per heavy atom. The van der Waals surface area contributed by atoms with Gasteiger partial charge in [-0.2, -0.15) is 0 Å². The quantitative estimate of drug-likeness (QED) is 0.465. The van der Waals surface area contributed by atoms with Crippen molar-refractivity contribution >= 4 is 23.5 Å². The van der Waals surface area contributed by atoms with E-state index in [1.165, 1.54) is 18.5 Å². The Kier molecular flexibility index (Phi) is 8.63. The zero-order valence-electron chi connectivity index (χ0n) is 19.4. The van der Waals surface area contributed by atoms with Crippen LogP contribution in [0.1, 0.15) is 63.5 Å². The third kappa shape index (κ3) is 7.67. The zero-order valence-corrected chi connectivity index (χ0v) is 20.2. The summed E-state index contributed by atoms with van der Waals surface area (Å²) in [6.07, 6.45) is 6.92. The van der Waals surface area contributed by atoms with Crippen LogP contribution in [0.5, 0.6) is 0 Å². The Morgan fingerprint density at radius 2 is 2.03 bits per heavy atom. The normalized spacial score (nSPS) is 18.9. The van der Waals surface area contributed by atoms with Crippen LogP contribution in [0.25, 0.3) is 0 Å². The van der Waals surface area contributed by atoms with Crippen LogP contribution in [0.4, 0.5) is 0 Å². The standard InChI is InChI=1S/C20H20ClN3O2.C6H6O3/c1-14-12-23-18(13-22-14)19(25)24-17-6-3-8-20(26,11-17)9-7-15-4-2-5-16(21)10-15;1-4-5(6(7)8)2-3-9-4/h2,4-5,10,12-13,17,26H,3,6,8,11H2,1H3,(H,24,25);2-3H,1H3,(H,7,8)/t17-,20+;/m0./s1. The number of hydrogen-bond donors (Lipinski definition) is 3. The van der Waals surface area contributed by atoms with Crippen molar-refractivity contribution in [3.05, 3.63) is 82.3 Å². The van der Waals surface area contributed by atoms with Crippen molar-refractivity contribution in [3.8, 4) is 11.8 Å². The van der Waals surface area contributed by atoms with Crippen molar-refractivity contribution < 1.29 is 24.2 Å². The second-order valence-electron chi connectivity index (χ2n) is 8.30. The molecule has 2 aromatic heterocycles. The predicted molar refractivity (Wildman–Crippen MR) is 130 cm³/mol. The largest absolute Gasteiger partial charge is 0.478 e. The fraction of sp³-hybridized carbons (Fsp3) is 0.308. The highest BCUT2D eigenvalue weighted by molar-refractivity contribution is 6.30. The Labute approximate surface area is 208 Å². The number of aromatic nitrogens is 2. The number of nitrogens with one attached hydrogen (secondary N) is 1. The number of carboxylic acid groups (broad SMARTS) is 1. The maximum atomic E-state index is 12.3. The van der Waals surface area contributed by atoms with Gasteiger partial charge >= 0.3 is 5.97 Å². The van der Waals surface area contributed by atoms with Gasteiger partial charge in [-0.05, 0) is 57.4 Å². The van der Waals surface area contributed by atoms with E-state index in [1.54, 1.807) is 25.3 Å². The topological polar surface area (TPSA) is 126 Å². The highest BCUT2D eigenvalue weighted by Crippen LogP contribution is 2.28. The maximum absolute atomic E-state index is 12.3. The summed E-state index contributed by atoms with van der Waals surface area (Å²) in [4.78, 5) is 30.7. The number of nitrogens with zero attached hydrogens (tertiary/aromatic N) is 2. The fourth-order valence-corrected chi connectivity index (χ4v) is 3.81. The summed E-state index contributed by atoms with van der Waals surface area (Å²) in [6, 6.07) is 8.48. The number of aryl methyl sites for hydroxylation is 2. The number of furan rings is 1. The highest BCUT2D eigenvalue weighted by Gasteiger charge is 2.33. The maximum Gasteiger partial charge on any atom is 0.339 e. The number of carbonyl (C=O) groups is 2. The molecule has 0 unspecified atom stereocenters. The van der Waals surface area contributed by atoms with E-state index in [0.717, 1.165) is 24.1 Å². The van der Waals surface area contributed by atoms with Crippen molar-refractivity contribution in [2.45, 2.75) is 51.2 Å². The molecule has 2 atom stereocenters. The minimum Gasteiger partial charge on any atom is -0.478 e. The van der Waals surface area contributed by atoms with E-state index in [2.05, 4.69) is 27.1 Å². The molecule has 1 saturated carbocycles. The molecule has 1 amide bonds. The van der Waals surface area contributed by atoms with Gasteiger partial charge in [0.2, 0.25) is 0 Å². The molecular weight excluding hydrogens is 470 g/mol. The molecule has 0 saturated heterocycles. The van der Waals surface area contributed by atoms with Crippen molar-refractivity contribution in [1.29, 1.82) is 0 Å². The zero-order chi connectivity index (χ0) is 25.4. The van der Waals surface area contributed by atoms with E-state index in [0.29, 0.717) is 23.6 Å². The molecule has 3 aromatic rings. The lowest BCUT2D eigenvalue weighted by molar-refractivity contribution is 0.0451. The molecule has 3 N–H and O–H groups in total. The number of benzene rings is 1. The molecule has 182 valence electrons. The lowest BCUT2D eigenvalue weighted by atomic mass is 9.82. The summed E-state index contributed by atoms with van der Waals surface area (Å²) >= 11 is 5.96. The average Bonchev–Trinajstić information content (AvgIpc) is 3.25. The first-order valence-electron chi connectivity index (χ1n) is 11.0. The van der Waals surface area contributed by atoms with Crippen molar-refractivity contribution in [3.63, 3.8) is 0 Å².